The third-order valence-electron chi connectivity index (χ3n) is 4.54. The van der Waals surface area contributed by atoms with Crippen LogP contribution in [-0.2, 0) is 16.0 Å². The SMILES string of the molecule is NC(=O)[C@@H](Cc1ccc(-c2ccccc2)cc1)NC(=O)C1CCCN1. The lowest BCUT2D eigenvalue weighted by molar-refractivity contribution is -0.128. The zero-order valence-corrected chi connectivity index (χ0v) is 14.1. The van der Waals surface area contributed by atoms with E-state index in [1.165, 1.54) is 0 Å². The van der Waals surface area contributed by atoms with Crippen molar-refractivity contribution in [2.45, 2.75) is 31.3 Å². The highest BCUT2D eigenvalue weighted by Crippen LogP contribution is 2.19. The lowest BCUT2D eigenvalue weighted by Crippen LogP contribution is -2.51. The van der Waals surface area contributed by atoms with Crippen LogP contribution >= 0.6 is 0 Å². The number of rotatable bonds is 6. The maximum atomic E-state index is 12.2. The van der Waals surface area contributed by atoms with Crippen molar-refractivity contribution in [3.63, 3.8) is 0 Å². The number of hydrogen-bond donors (Lipinski definition) is 3. The number of nitrogens with two attached hydrogens (primary N) is 1. The monoisotopic (exact) mass is 337 g/mol. The highest BCUT2D eigenvalue weighted by Gasteiger charge is 2.26. The van der Waals surface area contributed by atoms with Crippen LogP contribution in [0.1, 0.15) is 18.4 Å². The molecular weight excluding hydrogens is 314 g/mol. The minimum atomic E-state index is -0.697. The van der Waals surface area contributed by atoms with Gasteiger partial charge in [-0.15, -0.1) is 0 Å². The van der Waals surface area contributed by atoms with E-state index in [1.807, 2.05) is 42.5 Å². The molecule has 3 rings (SSSR count). The maximum Gasteiger partial charge on any atom is 0.240 e. The van der Waals surface area contributed by atoms with Crippen LogP contribution in [0.25, 0.3) is 11.1 Å². The molecule has 2 amide bonds. The average Bonchev–Trinajstić information content (AvgIpc) is 3.17. The predicted octanol–water partition coefficient (Wildman–Crippen LogP) is 1.62. The van der Waals surface area contributed by atoms with Gasteiger partial charge in [0.25, 0.3) is 0 Å². The van der Waals surface area contributed by atoms with Gasteiger partial charge in [0.15, 0.2) is 0 Å². The Morgan fingerprint density at radius 1 is 1.08 bits per heavy atom. The molecule has 1 fully saturated rings. The Morgan fingerprint density at radius 2 is 1.76 bits per heavy atom. The molecular formula is C20H23N3O2. The molecule has 1 unspecified atom stereocenters. The van der Waals surface area contributed by atoms with Gasteiger partial charge in [-0.1, -0.05) is 54.6 Å². The van der Waals surface area contributed by atoms with E-state index in [0.717, 1.165) is 36.1 Å². The number of carbonyl (C=O) groups excluding carboxylic acids is 2. The first-order valence-electron chi connectivity index (χ1n) is 8.61. The van der Waals surface area contributed by atoms with Gasteiger partial charge in [-0.2, -0.15) is 0 Å². The molecule has 1 aliphatic rings. The topological polar surface area (TPSA) is 84.2 Å². The quantitative estimate of drug-likeness (QED) is 0.749. The molecule has 5 nitrogen and oxygen atoms in total. The van der Waals surface area contributed by atoms with Gasteiger partial charge in [0.05, 0.1) is 6.04 Å². The van der Waals surface area contributed by atoms with Gasteiger partial charge >= 0.3 is 0 Å². The molecule has 5 heteroatoms. The highest BCUT2D eigenvalue weighted by atomic mass is 16.2. The molecule has 25 heavy (non-hydrogen) atoms. The van der Waals surface area contributed by atoms with Gasteiger partial charge in [0.2, 0.25) is 11.8 Å². The van der Waals surface area contributed by atoms with Crippen LogP contribution in [0.5, 0.6) is 0 Å². The number of nitrogens with one attached hydrogen (secondary N) is 2. The lowest BCUT2D eigenvalue weighted by atomic mass is 10.00. The molecule has 130 valence electrons. The fraction of sp³-hybridized carbons (Fsp3) is 0.300. The largest absolute Gasteiger partial charge is 0.368 e. The van der Waals surface area contributed by atoms with E-state index in [9.17, 15) is 9.59 Å². The van der Waals surface area contributed by atoms with Crippen LogP contribution in [0.4, 0.5) is 0 Å². The lowest BCUT2D eigenvalue weighted by Gasteiger charge is -2.18. The van der Waals surface area contributed by atoms with Crippen LogP contribution in [0.15, 0.2) is 54.6 Å². The van der Waals surface area contributed by atoms with E-state index < -0.39 is 11.9 Å². The Kier molecular flexibility index (Phi) is 5.46. The fourth-order valence-electron chi connectivity index (χ4n) is 3.10. The summed E-state index contributed by atoms with van der Waals surface area (Å²) in [5.41, 5.74) is 8.69. The zero-order valence-electron chi connectivity index (χ0n) is 14.1. The van der Waals surface area contributed by atoms with Crippen molar-refractivity contribution in [1.29, 1.82) is 0 Å². The Bertz CT molecular complexity index is 722. The minimum Gasteiger partial charge on any atom is -0.368 e. The summed E-state index contributed by atoms with van der Waals surface area (Å²) in [5.74, 6) is -0.666. The fourth-order valence-corrected chi connectivity index (χ4v) is 3.10. The van der Waals surface area contributed by atoms with Crippen molar-refractivity contribution in [3.8, 4) is 11.1 Å². The van der Waals surface area contributed by atoms with E-state index in [-0.39, 0.29) is 11.9 Å². The summed E-state index contributed by atoms with van der Waals surface area (Å²) in [6.45, 7) is 0.834. The smallest absolute Gasteiger partial charge is 0.240 e. The molecule has 0 spiro atoms. The third-order valence-corrected chi connectivity index (χ3v) is 4.54. The molecule has 1 saturated heterocycles. The maximum absolute atomic E-state index is 12.2. The second-order valence-corrected chi connectivity index (χ2v) is 6.38. The van der Waals surface area contributed by atoms with E-state index >= 15 is 0 Å². The van der Waals surface area contributed by atoms with Gasteiger partial charge < -0.3 is 16.4 Å². The van der Waals surface area contributed by atoms with Gasteiger partial charge in [-0.25, -0.2) is 0 Å². The van der Waals surface area contributed by atoms with Crippen molar-refractivity contribution in [2.24, 2.45) is 5.73 Å². The number of benzene rings is 2. The van der Waals surface area contributed by atoms with Crippen molar-refractivity contribution in [3.05, 3.63) is 60.2 Å². The number of carbonyl (C=O) groups is 2. The summed E-state index contributed by atoms with van der Waals surface area (Å²) in [7, 11) is 0. The Balaban J connectivity index is 1.65. The Hall–Kier alpha value is -2.66. The summed E-state index contributed by atoms with van der Waals surface area (Å²) in [4.78, 5) is 23.9. The summed E-state index contributed by atoms with van der Waals surface area (Å²) in [5, 5.41) is 5.90. The van der Waals surface area contributed by atoms with Gasteiger partial charge in [0.1, 0.15) is 6.04 Å². The van der Waals surface area contributed by atoms with Crippen molar-refractivity contribution in [1.82, 2.24) is 10.6 Å². The Morgan fingerprint density at radius 3 is 2.36 bits per heavy atom. The third kappa shape index (κ3) is 4.45. The van der Waals surface area contributed by atoms with Crippen LogP contribution < -0.4 is 16.4 Å². The first-order chi connectivity index (χ1) is 12.1. The summed E-state index contributed by atoms with van der Waals surface area (Å²) in [6, 6.07) is 17.1. The standard InChI is InChI=1S/C20H23N3O2/c21-19(24)18(23-20(25)17-7-4-12-22-17)13-14-8-10-16(11-9-14)15-5-2-1-3-6-15/h1-3,5-6,8-11,17-18,22H,4,7,12-13H2,(H2,21,24)(H,23,25)/t17?,18-/m1/s1. The van der Waals surface area contributed by atoms with Crippen LogP contribution in [0.3, 0.4) is 0 Å². The van der Waals surface area contributed by atoms with Crippen molar-refractivity contribution in [2.75, 3.05) is 6.54 Å². The molecule has 0 aromatic heterocycles. The predicted molar refractivity (Wildman–Crippen MR) is 97.7 cm³/mol. The number of primary amides is 1. The number of amides is 2. The van der Waals surface area contributed by atoms with Gasteiger partial charge in [-0.3, -0.25) is 9.59 Å². The van der Waals surface area contributed by atoms with Gasteiger partial charge in [-0.05, 0) is 36.1 Å². The zero-order chi connectivity index (χ0) is 17.6. The van der Waals surface area contributed by atoms with E-state index in [1.54, 1.807) is 0 Å². The molecule has 1 aliphatic heterocycles. The second-order valence-electron chi connectivity index (χ2n) is 6.38. The molecule has 2 aromatic carbocycles. The molecule has 0 radical (unpaired) electrons. The van der Waals surface area contributed by atoms with Crippen LogP contribution in [-0.4, -0.2) is 30.4 Å². The molecule has 2 atom stereocenters. The molecule has 4 N–H and O–H groups in total. The minimum absolute atomic E-state index is 0.151. The normalized spacial score (nSPS) is 17.8. The summed E-state index contributed by atoms with van der Waals surface area (Å²) >= 11 is 0. The molecule has 1 heterocycles. The van der Waals surface area contributed by atoms with Crippen LogP contribution in [0, 0.1) is 0 Å². The average molecular weight is 337 g/mol. The highest BCUT2D eigenvalue weighted by molar-refractivity contribution is 5.89. The first kappa shape index (κ1) is 17.2. The van der Waals surface area contributed by atoms with E-state index in [2.05, 4.69) is 22.8 Å². The molecule has 0 aliphatic carbocycles. The number of hydrogen-bond acceptors (Lipinski definition) is 3. The van der Waals surface area contributed by atoms with Crippen LogP contribution in [0.2, 0.25) is 0 Å². The first-order valence-corrected chi connectivity index (χ1v) is 8.61. The van der Waals surface area contributed by atoms with E-state index in [4.69, 9.17) is 5.73 Å². The summed E-state index contributed by atoms with van der Waals surface area (Å²) in [6.07, 6.45) is 2.16. The van der Waals surface area contributed by atoms with Crippen molar-refractivity contribution >= 4 is 11.8 Å². The molecule has 0 saturated carbocycles. The van der Waals surface area contributed by atoms with E-state index in [0.29, 0.717) is 6.42 Å². The molecule has 0 bridgehead atoms. The van der Waals surface area contributed by atoms with Crippen molar-refractivity contribution < 1.29 is 9.59 Å². The second kappa shape index (κ2) is 7.94. The summed E-state index contributed by atoms with van der Waals surface area (Å²) < 4.78 is 0. The molecule has 2 aromatic rings. The van der Waals surface area contributed by atoms with Gasteiger partial charge in [0, 0.05) is 6.42 Å². The Labute approximate surface area is 147 Å².